The lowest BCUT2D eigenvalue weighted by molar-refractivity contribution is 0.267. The van der Waals surface area contributed by atoms with Gasteiger partial charge in [0.05, 0.1) is 18.8 Å². The fraction of sp³-hybridized carbons (Fsp3) is 0.462. The van der Waals surface area contributed by atoms with Gasteiger partial charge in [0.2, 0.25) is 5.90 Å². The Bertz CT molecular complexity index is 348. The molecule has 0 aliphatic carbocycles. The SMILES string of the molecule is CCOC(=N)c1ccccc1OCC(C)C. The van der Waals surface area contributed by atoms with E-state index in [1.165, 1.54) is 0 Å². The van der Waals surface area contributed by atoms with Crippen LogP contribution in [0, 0.1) is 11.3 Å². The van der Waals surface area contributed by atoms with Gasteiger partial charge in [-0.25, -0.2) is 0 Å². The van der Waals surface area contributed by atoms with Crippen molar-refractivity contribution in [1.29, 1.82) is 5.41 Å². The fourth-order valence-corrected chi connectivity index (χ4v) is 1.26. The Morgan fingerprint density at radius 3 is 2.62 bits per heavy atom. The molecule has 0 saturated carbocycles. The van der Waals surface area contributed by atoms with Gasteiger partial charge in [0.15, 0.2) is 0 Å². The Kier molecular flexibility index (Phi) is 4.83. The van der Waals surface area contributed by atoms with Crippen LogP contribution in [0.2, 0.25) is 0 Å². The molecule has 1 aromatic rings. The van der Waals surface area contributed by atoms with Gasteiger partial charge >= 0.3 is 0 Å². The first-order valence-electron chi connectivity index (χ1n) is 5.58. The number of hydrogen-bond donors (Lipinski definition) is 1. The number of nitrogens with one attached hydrogen (secondary N) is 1. The molecule has 0 aliphatic heterocycles. The summed E-state index contributed by atoms with van der Waals surface area (Å²) in [5.74, 6) is 1.35. The lowest BCUT2D eigenvalue weighted by atomic mass is 10.2. The predicted octanol–water partition coefficient (Wildman–Crippen LogP) is 3.08. The molecule has 1 rings (SSSR count). The third kappa shape index (κ3) is 3.57. The average Bonchev–Trinajstić information content (AvgIpc) is 2.27. The van der Waals surface area contributed by atoms with Crippen molar-refractivity contribution in [2.45, 2.75) is 20.8 Å². The van der Waals surface area contributed by atoms with Crippen LogP contribution in [0.1, 0.15) is 26.3 Å². The Balaban J connectivity index is 2.78. The molecule has 0 fully saturated rings. The summed E-state index contributed by atoms with van der Waals surface area (Å²) in [6.45, 7) is 7.20. The van der Waals surface area contributed by atoms with Gasteiger partial charge < -0.3 is 9.47 Å². The van der Waals surface area contributed by atoms with Gasteiger partial charge in [0.1, 0.15) is 5.75 Å². The van der Waals surface area contributed by atoms with E-state index in [0.29, 0.717) is 24.7 Å². The van der Waals surface area contributed by atoms with Crippen LogP contribution in [0.25, 0.3) is 0 Å². The van der Waals surface area contributed by atoms with Crippen LogP contribution >= 0.6 is 0 Å². The molecule has 0 radical (unpaired) electrons. The van der Waals surface area contributed by atoms with E-state index < -0.39 is 0 Å². The molecule has 0 aromatic heterocycles. The molecule has 0 atom stereocenters. The summed E-state index contributed by atoms with van der Waals surface area (Å²) < 4.78 is 10.8. The minimum absolute atomic E-state index is 0.168. The number of para-hydroxylation sites is 1. The highest BCUT2D eigenvalue weighted by Gasteiger charge is 2.09. The van der Waals surface area contributed by atoms with Crippen LogP contribution in [0.5, 0.6) is 5.75 Å². The zero-order valence-electron chi connectivity index (χ0n) is 10.1. The summed E-state index contributed by atoms with van der Waals surface area (Å²) >= 11 is 0. The van der Waals surface area contributed by atoms with Crippen LogP contribution < -0.4 is 4.74 Å². The van der Waals surface area contributed by atoms with Crippen molar-refractivity contribution in [1.82, 2.24) is 0 Å². The highest BCUT2D eigenvalue weighted by Crippen LogP contribution is 2.19. The van der Waals surface area contributed by atoms with E-state index in [-0.39, 0.29) is 5.90 Å². The zero-order chi connectivity index (χ0) is 12.0. The molecule has 16 heavy (non-hydrogen) atoms. The highest BCUT2D eigenvalue weighted by molar-refractivity contribution is 5.94. The maximum Gasteiger partial charge on any atom is 0.217 e. The largest absolute Gasteiger partial charge is 0.492 e. The van der Waals surface area contributed by atoms with Crippen LogP contribution in [0.4, 0.5) is 0 Å². The highest BCUT2D eigenvalue weighted by atomic mass is 16.5. The molecule has 0 heterocycles. The number of ether oxygens (including phenoxy) is 2. The third-order valence-electron chi connectivity index (χ3n) is 1.99. The maximum absolute atomic E-state index is 7.75. The molecular formula is C13H19NO2. The second-order valence-electron chi connectivity index (χ2n) is 3.96. The van der Waals surface area contributed by atoms with Crippen molar-refractivity contribution in [3.63, 3.8) is 0 Å². The van der Waals surface area contributed by atoms with Gasteiger partial charge in [-0.15, -0.1) is 0 Å². The molecule has 3 heteroatoms. The summed E-state index contributed by atoms with van der Waals surface area (Å²) in [6.07, 6.45) is 0. The van der Waals surface area contributed by atoms with E-state index in [0.717, 1.165) is 5.75 Å². The smallest absolute Gasteiger partial charge is 0.217 e. The maximum atomic E-state index is 7.75. The summed E-state index contributed by atoms with van der Waals surface area (Å²) in [4.78, 5) is 0. The lowest BCUT2D eigenvalue weighted by Crippen LogP contribution is -2.10. The minimum atomic E-state index is 0.168. The number of rotatable bonds is 5. The number of benzene rings is 1. The van der Waals surface area contributed by atoms with E-state index in [2.05, 4.69) is 13.8 Å². The average molecular weight is 221 g/mol. The Morgan fingerprint density at radius 2 is 2.00 bits per heavy atom. The fourth-order valence-electron chi connectivity index (χ4n) is 1.26. The zero-order valence-corrected chi connectivity index (χ0v) is 10.1. The molecule has 1 aromatic carbocycles. The second-order valence-corrected chi connectivity index (χ2v) is 3.96. The molecular weight excluding hydrogens is 202 g/mol. The number of hydrogen-bond acceptors (Lipinski definition) is 3. The van der Waals surface area contributed by atoms with Gasteiger partial charge in [0, 0.05) is 0 Å². The van der Waals surface area contributed by atoms with Crippen LogP contribution in [0.15, 0.2) is 24.3 Å². The third-order valence-corrected chi connectivity index (χ3v) is 1.99. The van der Waals surface area contributed by atoms with E-state index in [1.807, 2.05) is 31.2 Å². The van der Waals surface area contributed by atoms with Crippen LogP contribution in [0.3, 0.4) is 0 Å². The summed E-state index contributed by atoms with van der Waals surface area (Å²) in [5.41, 5.74) is 0.713. The Morgan fingerprint density at radius 1 is 1.31 bits per heavy atom. The standard InChI is InChI=1S/C13H19NO2/c1-4-15-13(14)11-7-5-6-8-12(11)16-9-10(2)3/h5-8,10,14H,4,9H2,1-3H3. The predicted molar refractivity (Wildman–Crippen MR) is 65.2 cm³/mol. The molecule has 1 N–H and O–H groups in total. The first-order chi connectivity index (χ1) is 7.65. The summed E-state index contributed by atoms with van der Waals surface area (Å²) in [6, 6.07) is 7.49. The first kappa shape index (κ1) is 12.6. The van der Waals surface area contributed by atoms with Gasteiger partial charge in [-0.3, -0.25) is 5.41 Å². The minimum Gasteiger partial charge on any atom is -0.492 e. The molecule has 88 valence electrons. The Hall–Kier alpha value is -1.51. The van der Waals surface area contributed by atoms with Crippen molar-refractivity contribution in [2.24, 2.45) is 5.92 Å². The lowest BCUT2D eigenvalue weighted by Gasteiger charge is -2.13. The van der Waals surface area contributed by atoms with Gasteiger partial charge in [-0.05, 0) is 25.0 Å². The Labute approximate surface area is 96.9 Å². The van der Waals surface area contributed by atoms with E-state index in [9.17, 15) is 0 Å². The van der Waals surface area contributed by atoms with Crippen molar-refractivity contribution < 1.29 is 9.47 Å². The molecule has 0 aliphatic rings. The van der Waals surface area contributed by atoms with Gasteiger partial charge in [-0.1, -0.05) is 26.0 Å². The van der Waals surface area contributed by atoms with E-state index >= 15 is 0 Å². The van der Waals surface area contributed by atoms with E-state index in [4.69, 9.17) is 14.9 Å². The van der Waals surface area contributed by atoms with Crippen molar-refractivity contribution in [3.05, 3.63) is 29.8 Å². The normalized spacial score (nSPS) is 10.2. The quantitative estimate of drug-likeness (QED) is 0.613. The monoisotopic (exact) mass is 221 g/mol. The molecule has 0 saturated heterocycles. The molecule has 3 nitrogen and oxygen atoms in total. The first-order valence-corrected chi connectivity index (χ1v) is 5.58. The molecule has 0 amide bonds. The van der Waals surface area contributed by atoms with Crippen molar-refractivity contribution >= 4 is 5.90 Å². The van der Waals surface area contributed by atoms with Crippen molar-refractivity contribution in [2.75, 3.05) is 13.2 Å². The topological polar surface area (TPSA) is 42.3 Å². The van der Waals surface area contributed by atoms with Crippen LogP contribution in [-0.2, 0) is 4.74 Å². The summed E-state index contributed by atoms with van der Waals surface area (Å²) in [5, 5.41) is 7.75. The summed E-state index contributed by atoms with van der Waals surface area (Å²) in [7, 11) is 0. The molecule has 0 unspecified atom stereocenters. The van der Waals surface area contributed by atoms with E-state index in [1.54, 1.807) is 0 Å². The molecule has 0 bridgehead atoms. The van der Waals surface area contributed by atoms with Crippen molar-refractivity contribution in [3.8, 4) is 5.75 Å². The van der Waals surface area contributed by atoms with Crippen LogP contribution in [-0.4, -0.2) is 19.1 Å². The van der Waals surface area contributed by atoms with Gasteiger partial charge in [0.25, 0.3) is 0 Å². The second kappa shape index (κ2) is 6.16. The molecule has 0 spiro atoms. The van der Waals surface area contributed by atoms with Gasteiger partial charge in [-0.2, -0.15) is 0 Å².